The van der Waals surface area contributed by atoms with Crippen molar-refractivity contribution in [1.29, 1.82) is 0 Å². The molecule has 7 heterocycles. The molecule has 5 aromatic carbocycles. The topological polar surface area (TPSA) is 102 Å². The van der Waals surface area contributed by atoms with Crippen molar-refractivity contribution >= 4 is 39.6 Å². The van der Waals surface area contributed by atoms with Gasteiger partial charge in [0, 0.05) is 73.6 Å². The molecule has 0 saturated heterocycles. The molecule has 0 N–H and O–H groups in total. The van der Waals surface area contributed by atoms with Gasteiger partial charge in [-0.2, -0.15) is 0 Å². The van der Waals surface area contributed by atoms with Crippen molar-refractivity contribution in [3.63, 3.8) is 0 Å². The molecule has 0 radical (unpaired) electrons. The Kier molecular flexibility index (Phi) is 41.7. The van der Waals surface area contributed by atoms with Gasteiger partial charge in [-0.15, -0.1) is 11.3 Å². The summed E-state index contributed by atoms with van der Waals surface area (Å²) in [6.07, 6.45) is 53.9. The van der Waals surface area contributed by atoms with Gasteiger partial charge in [0.1, 0.15) is 6.33 Å². The highest BCUT2D eigenvalue weighted by Crippen LogP contribution is 2.63. The number of aromatic nitrogens is 6. The van der Waals surface area contributed by atoms with E-state index in [0.29, 0.717) is 0 Å². The van der Waals surface area contributed by atoms with Crippen LogP contribution in [-0.2, 0) is 13.0 Å². The Hall–Kier alpha value is -9.44. The van der Waals surface area contributed by atoms with Crippen molar-refractivity contribution in [2.75, 3.05) is 0 Å². The van der Waals surface area contributed by atoms with Gasteiger partial charge in [0.2, 0.25) is 0 Å². The van der Waals surface area contributed by atoms with E-state index in [1.807, 2.05) is 157 Å². The predicted octanol–water partition coefficient (Wildman–Crippen LogP) is 26.2. The largest absolute Gasteiger partial charge is 0.288 e. The third-order valence-electron chi connectivity index (χ3n) is 17.7. The molecule has 2 aliphatic heterocycles. The lowest BCUT2D eigenvalue weighted by atomic mass is 9.46. The Morgan fingerprint density at radius 1 is 0.471 bits per heavy atom. The summed E-state index contributed by atoms with van der Waals surface area (Å²) in [6.45, 7) is 30.5. The fourth-order valence-electron chi connectivity index (χ4n) is 11.6. The highest BCUT2D eigenvalue weighted by Gasteiger charge is 2.52. The summed E-state index contributed by atoms with van der Waals surface area (Å²) in [7, 11) is 0. The summed E-state index contributed by atoms with van der Waals surface area (Å²) in [4.78, 5) is 31.7. The molecule has 10 aromatic rings. The average Bonchev–Trinajstić information content (AvgIpc) is 1.02. The number of allylic oxidation sites excluding steroid dienone is 8. The van der Waals surface area contributed by atoms with E-state index < -0.39 is 0 Å². The van der Waals surface area contributed by atoms with Crippen LogP contribution in [0.2, 0.25) is 0 Å². The normalized spacial score (nSPS) is 16.1. The van der Waals surface area contributed by atoms with Gasteiger partial charge < -0.3 is 0 Å². The van der Waals surface area contributed by atoms with Crippen LogP contribution in [0.15, 0.2) is 277 Å². The van der Waals surface area contributed by atoms with Crippen molar-refractivity contribution in [3.8, 4) is 0 Å². The molecule has 0 spiro atoms. The van der Waals surface area contributed by atoms with E-state index in [2.05, 4.69) is 205 Å². The van der Waals surface area contributed by atoms with Crippen molar-refractivity contribution in [3.05, 3.63) is 339 Å². The van der Waals surface area contributed by atoms with Crippen molar-refractivity contribution in [2.45, 2.75) is 200 Å². The van der Waals surface area contributed by atoms with E-state index in [1.165, 1.54) is 148 Å². The van der Waals surface area contributed by atoms with E-state index in [9.17, 15) is 0 Å². The third-order valence-corrected chi connectivity index (χ3v) is 18.6. The van der Waals surface area contributed by atoms with Gasteiger partial charge in [0.25, 0.3) is 0 Å². The van der Waals surface area contributed by atoms with E-state index in [-0.39, 0.29) is 0 Å². The summed E-state index contributed by atoms with van der Waals surface area (Å²) in [5.74, 6) is 2.21. The first kappa shape index (κ1) is 85.2. The van der Waals surface area contributed by atoms with Crippen molar-refractivity contribution < 1.29 is 0 Å². The van der Waals surface area contributed by atoms with Gasteiger partial charge in [-0.3, -0.25) is 24.9 Å². The number of hydrogen-bond donors (Lipinski definition) is 0. The van der Waals surface area contributed by atoms with Gasteiger partial charge in [0.15, 0.2) is 0 Å². The zero-order valence-electron chi connectivity index (χ0n) is 65.4. The summed E-state index contributed by atoms with van der Waals surface area (Å²) in [5, 5.41) is 1.14. The lowest BCUT2D eigenvalue weighted by molar-refractivity contribution is -0.0882. The standard InChI is InChI=1S/C10H10.C9H9N.C8H7NS.C7H14.C7H12.2C7H8.3C6H7N.C6H10.C6H8.C5H6N2.C5H7N/c1-8-5-6-9-3-2-4-10(9)7-8;1-7-2-3-8-5-10-6-9(8)4-7;1-6-9-7-4-2-3-5-8(7)10-6;4*1-7-5-3-2-4-6-7;1-6-2-4-7-5-3-6;1-6-3-2-4-7-5-6;1-6-4-2-3-5-7-6;1-6-2-5(3-6)4-6;1-6-4-2-3-5-6;1-5-2-6-4-7-3-5;1-5-3-2-4-6-5/h2-3,5-7H,4H2,1H3;2-5H,6H2,1H3;2-5H,1H3;7H,2-6H2,1H3;5H,2-4,6H2,1H3;2*2-6H,1H3;3*2-5H,1H3;5H,2-4H2,1H3;2-4H,5H2,1H3;2-4H,1H3;2,4H,3H2,1H3. The second-order valence-electron chi connectivity index (χ2n) is 28.4. The molecule has 9 aliphatic rings. The van der Waals surface area contributed by atoms with E-state index >= 15 is 0 Å². The summed E-state index contributed by atoms with van der Waals surface area (Å²) in [6, 6.07) is 55.5. The van der Waals surface area contributed by atoms with Gasteiger partial charge in [-0.25, -0.2) is 15.0 Å². The average molecular weight is 1410 g/mol. The number of hydrogen-bond acceptors (Lipinski definition) is 9. The van der Waals surface area contributed by atoms with Crippen molar-refractivity contribution in [2.24, 2.45) is 27.2 Å². The Bertz CT molecular complexity index is 3700. The van der Waals surface area contributed by atoms with Crippen LogP contribution in [0.25, 0.3) is 16.3 Å². The number of aryl methyl sites for hydroxylation is 9. The molecule has 4 saturated carbocycles. The minimum absolute atomic E-state index is 0.866. The van der Waals surface area contributed by atoms with Crippen LogP contribution in [-0.4, -0.2) is 41.8 Å². The Balaban J connectivity index is 0.000000202. The molecular weight excluding hydrogens is 1290 g/mol. The molecule has 9 heteroatoms. The smallest absolute Gasteiger partial charge is 0.115 e. The summed E-state index contributed by atoms with van der Waals surface area (Å²) in [5.41, 5.74) is 21.7. The fraction of sp³-hybridized carbons (Fsp3) is 0.347. The number of para-hydroxylation sites is 1. The molecule has 19 rings (SSSR count). The molecule has 4 fully saturated rings. The SMILES string of the molecule is CC12CC(C1)C2.CC1=CC=CC1.CC1=CCCCC1.CC1=NC=CC1.CC1CCCCC1.Cc1ccc2c(c1)CC=C2.Cc1ccc2c(c1)CN=C2.Cc1ccccc1.Cc1ccccc1.Cc1ccccn1.Cc1cccnc1.Cc1ccncc1.Cc1cncnc1.Cc1nc2ccccc2s1. The van der Waals surface area contributed by atoms with E-state index in [4.69, 9.17) is 0 Å². The molecule has 0 unspecified atom stereocenters. The minimum atomic E-state index is 0.866. The van der Waals surface area contributed by atoms with Crippen LogP contribution >= 0.6 is 11.3 Å². The van der Waals surface area contributed by atoms with Crippen LogP contribution in [0.3, 0.4) is 0 Å². The second kappa shape index (κ2) is 50.8. The van der Waals surface area contributed by atoms with Gasteiger partial charge >= 0.3 is 0 Å². The molecule has 546 valence electrons. The Labute approximate surface area is 631 Å². The maximum absolute atomic E-state index is 4.33. The Morgan fingerprint density at radius 3 is 1.46 bits per heavy atom. The number of benzene rings is 5. The molecule has 8 nitrogen and oxygen atoms in total. The number of pyridine rings is 3. The number of thiazole rings is 1. The fourth-order valence-corrected chi connectivity index (χ4v) is 12.4. The molecule has 0 amide bonds. The third kappa shape index (κ3) is 39.3. The molecule has 5 aromatic heterocycles. The number of nitrogens with zero attached hydrogens (tertiary/aromatic N) is 8. The monoisotopic (exact) mass is 1400 g/mol. The molecular formula is C95H120N8S. The highest BCUT2D eigenvalue weighted by atomic mass is 32.1. The van der Waals surface area contributed by atoms with Crippen LogP contribution in [0.1, 0.15) is 196 Å². The maximum Gasteiger partial charge on any atom is 0.115 e. The number of aliphatic imine (C=N–C) groups is 2. The first-order valence-corrected chi connectivity index (χ1v) is 38.3. The predicted molar refractivity (Wildman–Crippen MR) is 451 cm³/mol. The summed E-state index contributed by atoms with van der Waals surface area (Å²) >= 11 is 1.74. The first-order chi connectivity index (χ1) is 50.3. The van der Waals surface area contributed by atoms with Crippen LogP contribution in [0, 0.1) is 79.6 Å². The van der Waals surface area contributed by atoms with Gasteiger partial charge in [-0.1, -0.05) is 243 Å². The quantitative estimate of drug-likeness (QED) is 0.140. The first-order valence-electron chi connectivity index (χ1n) is 37.5. The van der Waals surface area contributed by atoms with E-state index in [1.54, 1.807) is 73.4 Å². The van der Waals surface area contributed by atoms with Crippen LogP contribution in [0.5, 0.6) is 0 Å². The van der Waals surface area contributed by atoms with Crippen LogP contribution < -0.4 is 0 Å². The maximum atomic E-state index is 4.33. The van der Waals surface area contributed by atoms with Gasteiger partial charge in [0.05, 0.1) is 21.8 Å². The zero-order valence-corrected chi connectivity index (χ0v) is 66.2. The highest BCUT2D eigenvalue weighted by molar-refractivity contribution is 7.18. The lowest BCUT2D eigenvalue weighted by Crippen LogP contribution is -2.48. The van der Waals surface area contributed by atoms with Crippen LogP contribution in [0.4, 0.5) is 0 Å². The molecule has 2 bridgehead atoms. The second-order valence-corrected chi connectivity index (χ2v) is 29.6. The lowest BCUT2D eigenvalue weighted by Gasteiger charge is -2.60. The summed E-state index contributed by atoms with van der Waals surface area (Å²) < 4.78 is 1.28. The van der Waals surface area contributed by atoms with Crippen molar-refractivity contribution in [1.82, 2.24) is 29.9 Å². The zero-order chi connectivity index (χ0) is 74.8. The Morgan fingerprint density at radius 2 is 1.08 bits per heavy atom. The van der Waals surface area contributed by atoms with Gasteiger partial charge in [-0.05, 0) is 240 Å². The molecule has 104 heavy (non-hydrogen) atoms. The number of rotatable bonds is 0. The van der Waals surface area contributed by atoms with E-state index in [0.717, 1.165) is 52.5 Å². The minimum Gasteiger partial charge on any atom is -0.288 e. The number of fused-ring (bicyclic) bond motifs is 3. The molecule has 0 atom stereocenters. The molecule has 7 aliphatic carbocycles.